The van der Waals surface area contributed by atoms with E-state index in [1.807, 2.05) is 19.1 Å². The van der Waals surface area contributed by atoms with Gasteiger partial charge in [0.05, 0.1) is 23.6 Å². The van der Waals surface area contributed by atoms with Gasteiger partial charge in [0.25, 0.3) is 0 Å². The molecule has 3 atom stereocenters. The number of aryl methyl sites for hydroxylation is 1. The molecule has 3 aromatic rings. The molecule has 0 unspecified atom stereocenters. The highest BCUT2D eigenvalue weighted by atomic mass is 19.1. The van der Waals surface area contributed by atoms with E-state index >= 15 is 0 Å². The Morgan fingerprint density at radius 1 is 0.829 bits per heavy atom. The molecule has 0 aromatic heterocycles. The number of carbonyl (C=O) groups excluding carboxylic acids is 4. The summed E-state index contributed by atoms with van der Waals surface area (Å²) in [6.45, 7) is 1.91. The van der Waals surface area contributed by atoms with Gasteiger partial charge in [-0.25, -0.2) is 9.29 Å². The molecule has 3 aromatic carbocycles. The average Bonchev–Trinajstić information content (AvgIpc) is 3.44. The SMILES string of the molecule is CCc1ccccc1N1C(=O)[C@H]2[C@@H](c3ccc(F)cc3)OC3(C(=O)c4ccccc4C3=O)[C@@H]2C1=O. The monoisotopic (exact) mass is 469 g/mol. The van der Waals surface area contributed by atoms with Crippen LogP contribution in [-0.4, -0.2) is 29.0 Å². The topological polar surface area (TPSA) is 80.8 Å². The van der Waals surface area contributed by atoms with Crippen molar-refractivity contribution in [3.8, 4) is 0 Å². The molecule has 2 aliphatic heterocycles. The lowest BCUT2D eigenvalue weighted by molar-refractivity contribution is -0.127. The van der Waals surface area contributed by atoms with Crippen LogP contribution in [0.4, 0.5) is 10.1 Å². The zero-order valence-electron chi connectivity index (χ0n) is 18.7. The van der Waals surface area contributed by atoms with Crippen LogP contribution in [0.3, 0.4) is 0 Å². The Kier molecular flexibility index (Phi) is 4.63. The number of carbonyl (C=O) groups is 4. The minimum atomic E-state index is -2.14. The standard InChI is InChI=1S/C28H20FNO5/c1-2-15-7-3-6-10-20(15)30-26(33)21-22(27(30)34)28(35-23(21)16-11-13-17(29)14-12-16)24(31)18-8-4-5-9-19(18)25(28)32/h3-14,21-23H,2H2,1H3/t21-,22+,23-/m1/s1. The van der Waals surface area contributed by atoms with Gasteiger partial charge in [0.1, 0.15) is 5.82 Å². The van der Waals surface area contributed by atoms with Crippen molar-refractivity contribution in [3.05, 3.63) is 101 Å². The number of rotatable bonds is 3. The summed E-state index contributed by atoms with van der Waals surface area (Å²) < 4.78 is 19.9. The summed E-state index contributed by atoms with van der Waals surface area (Å²) in [5, 5.41) is 0. The van der Waals surface area contributed by atoms with Crippen LogP contribution in [0.1, 0.15) is 44.9 Å². The van der Waals surface area contributed by atoms with E-state index in [4.69, 9.17) is 4.74 Å². The smallest absolute Gasteiger partial charge is 0.241 e. The molecule has 2 heterocycles. The Labute approximate surface area is 200 Å². The molecule has 0 bridgehead atoms. The summed E-state index contributed by atoms with van der Waals surface area (Å²) in [6, 6.07) is 18.7. The van der Waals surface area contributed by atoms with E-state index in [1.54, 1.807) is 24.3 Å². The van der Waals surface area contributed by atoms with Gasteiger partial charge in [0.2, 0.25) is 29.0 Å². The third-order valence-electron chi connectivity index (χ3n) is 7.33. The van der Waals surface area contributed by atoms with Crippen molar-refractivity contribution < 1.29 is 28.3 Å². The molecule has 0 N–H and O–H groups in total. The van der Waals surface area contributed by atoms with Crippen molar-refractivity contribution in [2.75, 3.05) is 4.90 Å². The number of hydrogen-bond donors (Lipinski definition) is 0. The van der Waals surface area contributed by atoms with E-state index in [1.165, 1.54) is 36.4 Å². The van der Waals surface area contributed by atoms with E-state index in [9.17, 15) is 23.6 Å². The minimum Gasteiger partial charge on any atom is -0.349 e. The van der Waals surface area contributed by atoms with Crippen LogP contribution < -0.4 is 4.90 Å². The van der Waals surface area contributed by atoms with Crippen molar-refractivity contribution in [2.24, 2.45) is 11.8 Å². The number of fused-ring (bicyclic) bond motifs is 3. The van der Waals surface area contributed by atoms with Gasteiger partial charge in [-0.15, -0.1) is 0 Å². The first-order valence-corrected chi connectivity index (χ1v) is 11.5. The van der Waals surface area contributed by atoms with Crippen molar-refractivity contribution >= 4 is 29.1 Å². The van der Waals surface area contributed by atoms with Gasteiger partial charge in [-0.05, 0) is 35.7 Å². The first-order chi connectivity index (χ1) is 16.9. The van der Waals surface area contributed by atoms with E-state index in [0.717, 1.165) is 10.5 Å². The van der Waals surface area contributed by atoms with Crippen LogP contribution >= 0.6 is 0 Å². The molecule has 6 rings (SSSR count). The lowest BCUT2D eigenvalue weighted by Gasteiger charge is -2.28. The Morgan fingerprint density at radius 3 is 2.06 bits per heavy atom. The van der Waals surface area contributed by atoms with Crippen molar-refractivity contribution in [3.63, 3.8) is 0 Å². The summed E-state index contributed by atoms with van der Waals surface area (Å²) in [5.74, 6) is -5.34. The summed E-state index contributed by atoms with van der Waals surface area (Å²) in [7, 11) is 0. The first-order valence-electron chi connectivity index (χ1n) is 11.5. The van der Waals surface area contributed by atoms with Crippen molar-refractivity contribution in [1.29, 1.82) is 0 Å². The molecule has 6 nitrogen and oxygen atoms in total. The number of amides is 2. The van der Waals surface area contributed by atoms with Crippen LogP contribution in [0.25, 0.3) is 0 Å². The zero-order chi connectivity index (χ0) is 24.5. The highest BCUT2D eigenvalue weighted by Gasteiger charge is 2.74. The van der Waals surface area contributed by atoms with Gasteiger partial charge < -0.3 is 4.74 Å². The number of ether oxygens (including phenoxy) is 1. The Balaban J connectivity index is 1.55. The Hall–Kier alpha value is -3.97. The molecule has 174 valence electrons. The normalized spacial score (nSPS) is 24.4. The van der Waals surface area contributed by atoms with Crippen LogP contribution in [0.5, 0.6) is 0 Å². The fraction of sp³-hybridized carbons (Fsp3) is 0.214. The van der Waals surface area contributed by atoms with Crippen LogP contribution in [0.2, 0.25) is 0 Å². The van der Waals surface area contributed by atoms with Crippen molar-refractivity contribution in [1.82, 2.24) is 0 Å². The predicted molar refractivity (Wildman–Crippen MR) is 123 cm³/mol. The van der Waals surface area contributed by atoms with E-state index < -0.39 is 52.7 Å². The number of hydrogen-bond acceptors (Lipinski definition) is 5. The number of halogens is 1. The highest BCUT2D eigenvalue weighted by molar-refractivity contribution is 6.37. The van der Waals surface area contributed by atoms with Crippen LogP contribution in [0, 0.1) is 17.7 Å². The minimum absolute atomic E-state index is 0.170. The number of Topliss-reactive ketones (excluding diaryl/α,β-unsaturated/α-hetero) is 2. The van der Waals surface area contributed by atoms with Gasteiger partial charge >= 0.3 is 0 Å². The van der Waals surface area contributed by atoms with Gasteiger partial charge in [0, 0.05) is 11.1 Å². The summed E-state index contributed by atoms with van der Waals surface area (Å²) in [6.07, 6.45) is -0.493. The van der Waals surface area contributed by atoms with Crippen LogP contribution in [-0.2, 0) is 20.7 Å². The molecule has 2 fully saturated rings. The maximum Gasteiger partial charge on any atom is 0.241 e. The lowest BCUT2D eigenvalue weighted by atomic mass is 9.77. The van der Waals surface area contributed by atoms with Gasteiger partial charge in [-0.1, -0.05) is 61.5 Å². The van der Waals surface area contributed by atoms with E-state index in [-0.39, 0.29) is 11.1 Å². The van der Waals surface area contributed by atoms with Gasteiger partial charge in [0.15, 0.2) is 0 Å². The molecule has 1 aliphatic carbocycles. The maximum atomic E-state index is 14.0. The molecule has 1 spiro atoms. The highest BCUT2D eigenvalue weighted by Crippen LogP contribution is 2.57. The number of ketones is 2. The zero-order valence-corrected chi connectivity index (χ0v) is 18.7. The third kappa shape index (κ3) is 2.73. The molecule has 7 heteroatoms. The molecule has 35 heavy (non-hydrogen) atoms. The summed E-state index contributed by atoms with van der Waals surface area (Å²) in [4.78, 5) is 56.4. The van der Waals surface area contributed by atoms with Crippen LogP contribution in [0.15, 0.2) is 72.8 Å². The fourth-order valence-corrected chi connectivity index (χ4v) is 5.74. The molecular weight excluding hydrogens is 449 g/mol. The number of para-hydroxylation sites is 1. The summed E-state index contributed by atoms with van der Waals surface area (Å²) in [5.41, 5.74) is -0.164. The van der Waals surface area contributed by atoms with Gasteiger partial charge in [-0.3, -0.25) is 19.2 Å². The second-order valence-electron chi connectivity index (χ2n) is 9.03. The lowest BCUT2D eigenvalue weighted by Crippen LogP contribution is -2.51. The fourth-order valence-electron chi connectivity index (χ4n) is 5.74. The quantitative estimate of drug-likeness (QED) is 0.427. The number of anilines is 1. The molecule has 2 amide bonds. The largest absolute Gasteiger partial charge is 0.349 e. The molecule has 0 saturated carbocycles. The average molecular weight is 469 g/mol. The maximum absolute atomic E-state index is 14.0. The molecule has 0 radical (unpaired) electrons. The second-order valence-corrected chi connectivity index (χ2v) is 9.03. The Bertz CT molecular complexity index is 1390. The number of nitrogens with zero attached hydrogens (tertiary/aromatic N) is 1. The molecule has 2 saturated heterocycles. The predicted octanol–water partition coefficient (Wildman–Crippen LogP) is 4.08. The molecular formula is C28H20FNO5. The first kappa shape index (κ1) is 21.6. The van der Waals surface area contributed by atoms with Crippen molar-refractivity contribution in [2.45, 2.75) is 25.0 Å². The second kappa shape index (κ2) is 7.52. The number of benzene rings is 3. The van der Waals surface area contributed by atoms with E-state index in [2.05, 4.69) is 0 Å². The van der Waals surface area contributed by atoms with Gasteiger partial charge in [-0.2, -0.15) is 0 Å². The summed E-state index contributed by atoms with van der Waals surface area (Å²) >= 11 is 0. The Morgan fingerprint density at radius 2 is 1.43 bits per heavy atom. The molecule has 3 aliphatic rings. The van der Waals surface area contributed by atoms with E-state index in [0.29, 0.717) is 17.7 Å². The number of imide groups is 1. The third-order valence-corrected chi connectivity index (χ3v) is 7.33.